The van der Waals surface area contributed by atoms with Crippen molar-refractivity contribution in [3.05, 3.63) is 108 Å². The van der Waals surface area contributed by atoms with Crippen LogP contribution in [0.5, 0.6) is 11.5 Å². The van der Waals surface area contributed by atoms with Gasteiger partial charge in [0.05, 0.1) is 35.7 Å². The zero-order valence-corrected chi connectivity index (χ0v) is 21.4. The lowest BCUT2D eigenvalue weighted by Gasteiger charge is -2.26. The predicted molar refractivity (Wildman–Crippen MR) is 152 cm³/mol. The van der Waals surface area contributed by atoms with Crippen LogP contribution >= 0.6 is 0 Å². The van der Waals surface area contributed by atoms with E-state index in [1.165, 1.54) is 5.56 Å². The lowest BCUT2D eigenvalue weighted by atomic mass is 10.0. The van der Waals surface area contributed by atoms with E-state index in [0.717, 1.165) is 77.9 Å². The number of aromatic nitrogens is 2. The minimum Gasteiger partial charge on any atom is -0.457 e. The number of ether oxygens (including phenoxy) is 2. The van der Waals surface area contributed by atoms with E-state index in [-0.39, 0.29) is 0 Å². The predicted octanol–water partition coefficient (Wildman–Crippen LogP) is 6.54. The second kappa shape index (κ2) is 11.3. The molecule has 0 unspecified atom stereocenters. The monoisotopic (exact) mass is 513 g/mol. The minimum atomic E-state index is 0.477. The van der Waals surface area contributed by atoms with E-state index in [9.17, 15) is 5.26 Å². The molecule has 0 saturated carbocycles. The van der Waals surface area contributed by atoms with Crippen molar-refractivity contribution in [1.29, 1.82) is 5.26 Å². The average Bonchev–Trinajstić information content (AvgIpc) is 2.99. The lowest BCUT2D eigenvalue weighted by Crippen LogP contribution is -2.35. The van der Waals surface area contributed by atoms with Gasteiger partial charge >= 0.3 is 0 Å². The number of rotatable bonds is 7. The number of nitrogens with zero attached hydrogens (tertiary/aromatic N) is 4. The van der Waals surface area contributed by atoms with Crippen molar-refractivity contribution in [2.45, 2.75) is 6.54 Å². The van der Waals surface area contributed by atoms with Crippen LogP contribution in [0.15, 0.2) is 97.3 Å². The second-order valence-electron chi connectivity index (χ2n) is 9.40. The number of hydrogen-bond donors (Lipinski definition) is 1. The fourth-order valence-electron chi connectivity index (χ4n) is 4.65. The molecular formula is C32H27N5O2. The van der Waals surface area contributed by atoms with Gasteiger partial charge in [0, 0.05) is 48.7 Å². The molecule has 6 rings (SSSR count). The number of anilines is 2. The number of benzene rings is 3. The van der Waals surface area contributed by atoms with Gasteiger partial charge in [-0.2, -0.15) is 5.26 Å². The number of nitriles is 1. The van der Waals surface area contributed by atoms with Gasteiger partial charge in [-0.1, -0.05) is 30.3 Å². The summed E-state index contributed by atoms with van der Waals surface area (Å²) in [4.78, 5) is 11.7. The van der Waals surface area contributed by atoms with E-state index in [1.54, 1.807) is 6.20 Å². The first-order chi connectivity index (χ1) is 19.2. The molecule has 3 aromatic carbocycles. The first-order valence-electron chi connectivity index (χ1n) is 12.9. The maximum Gasteiger partial charge on any atom is 0.127 e. The number of morpholine rings is 1. The van der Waals surface area contributed by atoms with Crippen LogP contribution in [0.25, 0.3) is 22.2 Å². The Hall–Kier alpha value is -4.77. The molecule has 3 heterocycles. The SMILES string of the molecule is N#Cc1cnc2cc(-c3ccc(CN4CCOCC4)cn3)ccc2c1Nc1ccc(Oc2ccccc2)cc1. The standard InChI is InChI=1S/C32H27N5O2/c33-19-25-21-35-31-18-24(30-13-6-23(20-34-30)22-37-14-16-38-17-15-37)7-12-29(31)32(25)36-26-8-10-28(11-9-26)39-27-4-2-1-3-5-27/h1-13,18,20-21H,14-17,22H2,(H,35,36). The molecule has 0 amide bonds. The third kappa shape index (κ3) is 5.73. The molecule has 7 nitrogen and oxygen atoms in total. The summed E-state index contributed by atoms with van der Waals surface area (Å²) in [7, 11) is 0. The lowest BCUT2D eigenvalue weighted by molar-refractivity contribution is 0.0341. The van der Waals surface area contributed by atoms with Crippen LogP contribution in [0, 0.1) is 11.3 Å². The van der Waals surface area contributed by atoms with Crippen LogP contribution in [0.2, 0.25) is 0 Å². The Morgan fingerprint density at radius 2 is 1.67 bits per heavy atom. The Bertz CT molecular complexity index is 1610. The smallest absolute Gasteiger partial charge is 0.127 e. The highest BCUT2D eigenvalue weighted by Gasteiger charge is 2.13. The summed E-state index contributed by atoms with van der Waals surface area (Å²) in [5.41, 5.74) is 5.89. The Balaban J connectivity index is 1.22. The highest BCUT2D eigenvalue weighted by atomic mass is 16.5. The van der Waals surface area contributed by atoms with Gasteiger partial charge < -0.3 is 14.8 Å². The Labute approximate surface area is 227 Å². The van der Waals surface area contributed by atoms with Gasteiger partial charge in [-0.05, 0) is 60.2 Å². The summed E-state index contributed by atoms with van der Waals surface area (Å²) < 4.78 is 11.3. The van der Waals surface area contributed by atoms with E-state index in [4.69, 9.17) is 14.5 Å². The summed E-state index contributed by atoms with van der Waals surface area (Å²) in [6.45, 7) is 4.35. The van der Waals surface area contributed by atoms with Crippen LogP contribution in [0.3, 0.4) is 0 Å². The van der Waals surface area contributed by atoms with Crippen molar-refractivity contribution >= 4 is 22.3 Å². The zero-order valence-electron chi connectivity index (χ0n) is 21.4. The number of pyridine rings is 2. The van der Waals surface area contributed by atoms with Crippen molar-refractivity contribution in [1.82, 2.24) is 14.9 Å². The van der Waals surface area contributed by atoms with E-state index < -0.39 is 0 Å². The molecule has 1 fully saturated rings. The molecule has 0 radical (unpaired) electrons. The fraction of sp³-hybridized carbons (Fsp3) is 0.156. The number of nitrogens with one attached hydrogen (secondary N) is 1. The fourth-order valence-corrected chi connectivity index (χ4v) is 4.65. The molecule has 1 N–H and O–H groups in total. The van der Waals surface area contributed by atoms with E-state index in [1.807, 2.05) is 79.0 Å². The molecule has 39 heavy (non-hydrogen) atoms. The van der Waals surface area contributed by atoms with Crippen LogP contribution < -0.4 is 10.1 Å². The van der Waals surface area contributed by atoms with Crippen LogP contribution in [0.4, 0.5) is 11.4 Å². The van der Waals surface area contributed by atoms with Gasteiger partial charge in [-0.3, -0.25) is 14.9 Å². The van der Waals surface area contributed by atoms with Gasteiger partial charge in [0.25, 0.3) is 0 Å². The number of para-hydroxylation sites is 1. The van der Waals surface area contributed by atoms with Gasteiger partial charge in [-0.15, -0.1) is 0 Å². The van der Waals surface area contributed by atoms with E-state index in [2.05, 4.69) is 33.4 Å². The summed E-state index contributed by atoms with van der Waals surface area (Å²) >= 11 is 0. The summed E-state index contributed by atoms with van der Waals surface area (Å²) in [6.07, 6.45) is 3.56. The average molecular weight is 514 g/mol. The molecule has 5 aromatic rings. The second-order valence-corrected chi connectivity index (χ2v) is 9.40. The molecule has 2 aromatic heterocycles. The molecule has 0 bridgehead atoms. The van der Waals surface area contributed by atoms with Crippen molar-refractivity contribution < 1.29 is 9.47 Å². The quantitative estimate of drug-likeness (QED) is 0.265. The maximum absolute atomic E-state index is 9.77. The molecule has 0 atom stereocenters. The molecule has 0 aliphatic carbocycles. The maximum atomic E-state index is 9.77. The van der Waals surface area contributed by atoms with Crippen LogP contribution in [-0.2, 0) is 11.3 Å². The minimum absolute atomic E-state index is 0.477. The number of fused-ring (bicyclic) bond motifs is 1. The van der Waals surface area contributed by atoms with Gasteiger partial charge in [0.1, 0.15) is 17.6 Å². The van der Waals surface area contributed by atoms with Crippen molar-refractivity contribution in [3.63, 3.8) is 0 Å². The first-order valence-corrected chi connectivity index (χ1v) is 12.9. The number of hydrogen-bond acceptors (Lipinski definition) is 7. The van der Waals surface area contributed by atoms with E-state index in [0.29, 0.717) is 5.56 Å². The van der Waals surface area contributed by atoms with E-state index >= 15 is 0 Å². The van der Waals surface area contributed by atoms with Crippen LogP contribution in [0.1, 0.15) is 11.1 Å². The Morgan fingerprint density at radius 1 is 0.872 bits per heavy atom. The third-order valence-corrected chi connectivity index (χ3v) is 6.72. The topological polar surface area (TPSA) is 83.3 Å². The van der Waals surface area contributed by atoms with Crippen molar-refractivity contribution in [3.8, 4) is 28.8 Å². The Morgan fingerprint density at radius 3 is 2.41 bits per heavy atom. The summed E-state index contributed by atoms with van der Waals surface area (Å²) in [5.74, 6) is 1.52. The van der Waals surface area contributed by atoms with Gasteiger partial charge in [-0.25, -0.2) is 0 Å². The van der Waals surface area contributed by atoms with Crippen molar-refractivity contribution in [2.75, 3.05) is 31.6 Å². The molecule has 1 aliphatic rings. The molecule has 192 valence electrons. The van der Waals surface area contributed by atoms with Crippen molar-refractivity contribution in [2.24, 2.45) is 0 Å². The van der Waals surface area contributed by atoms with Gasteiger partial charge in [0.15, 0.2) is 0 Å². The molecule has 0 spiro atoms. The molecular weight excluding hydrogens is 486 g/mol. The largest absolute Gasteiger partial charge is 0.457 e. The van der Waals surface area contributed by atoms with Gasteiger partial charge in [0.2, 0.25) is 0 Å². The van der Waals surface area contributed by atoms with Crippen LogP contribution in [-0.4, -0.2) is 41.2 Å². The Kier molecular flexibility index (Phi) is 7.13. The molecule has 1 aliphatic heterocycles. The zero-order chi connectivity index (χ0) is 26.4. The highest BCUT2D eigenvalue weighted by molar-refractivity contribution is 5.97. The summed E-state index contributed by atoms with van der Waals surface area (Å²) in [5, 5.41) is 14.1. The summed E-state index contributed by atoms with van der Waals surface area (Å²) in [6, 6.07) is 29.8. The normalized spacial score (nSPS) is 13.6. The third-order valence-electron chi connectivity index (χ3n) is 6.72. The highest BCUT2D eigenvalue weighted by Crippen LogP contribution is 2.32. The molecule has 7 heteroatoms. The molecule has 1 saturated heterocycles. The first kappa shape index (κ1) is 24.6.